The van der Waals surface area contributed by atoms with Crippen LogP contribution < -0.4 is 0 Å². The third kappa shape index (κ3) is 1.64. The molecule has 1 aliphatic rings. The Balaban J connectivity index is 1.93. The quantitative estimate of drug-likeness (QED) is 0.652. The van der Waals surface area contributed by atoms with E-state index in [1.165, 1.54) is 0 Å². The summed E-state index contributed by atoms with van der Waals surface area (Å²) in [7, 11) is 1.99. The Hall–Kier alpha value is -1.12. The van der Waals surface area contributed by atoms with Crippen molar-refractivity contribution in [1.82, 2.24) is 9.55 Å². The van der Waals surface area contributed by atoms with Crippen molar-refractivity contribution in [2.45, 2.75) is 25.7 Å². The van der Waals surface area contributed by atoms with Crippen molar-refractivity contribution in [3.05, 3.63) is 18.2 Å². The predicted molar refractivity (Wildman–Crippen MR) is 49.3 cm³/mol. The highest BCUT2D eigenvalue weighted by atomic mass is 16.1. The number of imidazole rings is 1. The summed E-state index contributed by atoms with van der Waals surface area (Å²) in [4.78, 5) is 14.9. The third-order valence-electron chi connectivity index (χ3n) is 2.91. The fourth-order valence-corrected chi connectivity index (χ4v) is 1.59. The zero-order valence-corrected chi connectivity index (χ0v) is 7.86. The van der Waals surface area contributed by atoms with Crippen molar-refractivity contribution >= 4 is 6.29 Å². The Labute approximate surface area is 77.8 Å². The van der Waals surface area contributed by atoms with E-state index in [2.05, 4.69) is 4.98 Å². The minimum atomic E-state index is 0.0198. The first-order valence-electron chi connectivity index (χ1n) is 4.68. The standard InChI is InChI=1S/C10H14N2O/c1-12-7-6-11-9(12)2-3-10(8-13)4-5-10/h6-8H,2-5H2,1H3. The number of aromatic nitrogens is 2. The molecule has 13 heavy (non-hydrogen) atoms. The Kier molecular flexibility index (Phi) is 1.94. The number of rotatable bonds is 4. The molecule has 0 aliphatic heterocycles. The molecule has 70 valence electrons. The Bertz CT molecular complexity index is 312. The maximum absolute atomic E-state index is 10.7. The van der Waals surface area contributed by atoms with Gasteiger partial charge in [0, 0.05) is 31.3 Å². The average Bonchev–Trinajstić information content (AvgIpc) is 2.82. The molecule has 3 heteroatoms. The molecule has 1 aromatic heterocycles. The van der Waals surface area contributed by atoms with E-state index in [4.69, 9.17) is 0 Å². The summed E-state index contributed by atoms with van der Waals surface area (Å²) in [6.45, 7) is 0. The van der Waals surface area contributed by atoms with Gasteiger partial charge < -0.3 is 9.36 Å². The van der Waals surface area contributed by atoms with Crippen LogP contribution in [0.25, 0.3) is 0 Å². The van der Waals surface area contributed by atoms with E-state index in [0.29, 0.717) is 0 Å². The minimum Gasteiger partial charge on any atom is -0.338 e. The number of carbonyl (C=O) groups excluding carboxylic acids is 1. The molecule has 0 radical (unpaired) electrons. The first-order valence-corrected chi connectivity index (χ1v) is 4.68. The zero-order valence-electron chi connectivity index (χ0n) is 7.86. The second-order valence-corrected chi connectivity index (χ2v) is 3.93. The summed E-state index contributed by atoms with van der Waals surface area (Å²) in [5.74, 6) is 1.08. The van der Waals surface area contributed by atoms with Gasteiger partial charge in [0.1, 0.15) is 12.1 Å². The molecule has 0 saturated heterocycles. The molecule has 1 aliphatic carbocycles. The van der Waals surface area contributed by atoms with Crippen molar-refractivity contribution in [1.29, 1.82) is 0 Å². The van der Waals surface area contributed by atoms with Crippen molar-refractivity contribution in [3.63, 3.8) is 0 Å². The van der Waals surface area contributed by atoms with Crippen molar-refractivity contribution in [2.75, 3.05) is 0 Å². The molecule has 0 unspecified atom stereocenters. The first-order chi connectivity index (χ1) is 6.26. The summed E-state index contributed by atoms with van der Waals surface area (Å²) >= 11 is 0. The lowest BCUT2D eigenvalue weighted by atomic mass is 10.0. The molecule has 0 bridgehead atoms. The van der Waals surface area contributed by atoms with Crippen LogP contribution in [0.15, 0.2) is 12.4 Å². The van der Waals surface area contributed by atoms with Crippen molar-refractivity contribution in [2.24, 2.45) is 12.5 Å². The summed E-state index contributed by atoms with van der Waals surface area (Å²) < 4.78 is 2.01. The highest BCUT2D eigenvalue weighted by Gasteiger charge is 2.41. The lowest BCUT2D eigenvalue weighted by molar-refractivity contribution is -0.112. The maximum Gasteiger partial charge on any atom is 0.126 e. The molecule has 0 atom stereocenters. The van der Waals surface area contributed by atoms with Crippen LogP contribution in [0.4, 0.5) is 0 Å². The van der Waals surface area contributed by atoms with Gasteiger partial charge in [0.15, 0.2) is 0 Å². The Morgan fingerprint density at radius 3 is 2.92 bits per heavy atom. The van der Waals surface area contributed by atoms with Gasteiger partial charge in [0.05, 0.1) is 0 Å². The maximum atomic E-state index is 10.7. The van der Waals surface area contributed by atoms with Gasteiger partial charge >= 0.3 is 0 Å². The van der Waals surface area contributed by atoms with Crippen molar-refractivity contribution in [3.8, 4) is 0 Å². The van der Waals surface area contributed by atoms with Crippen LogP contribution in [0.5, 0.6) is 0 Å². The first kappa shape index (κ1) is 8.48. The van der Waals surface area contributed by atoms with Crippen LogP contribution in [-0.4, -0.2) is 15.8 Å². The topological polar surface area (TPSA) is 34.9 Å². The van der Waals surface area contributed by atoms with E-state index in [0.717, 1.165) is 37.8 Å². The van der Waals surface area contributed by atoms with Crippen LogP contribution in [-0.2, 0) is 18.3 Å². The highest BCUT2D eigenvalue weighted by Crippen LogP contribution is 2.47. The SMILES string of the molecule is Cn1ccnc1CCC1(C=O)CC1. The molecule has 1 fully saturated rings. The molecule has 2 rings (SSSR count). The van der Waals surface area contributed by atoms with E-state index < -0.39 is 0 Å². The molecule has 1 aromatic rings. The second kappa shape index (κ2) is 2.98. The van der Waals surface area contributed by atoms with E-state index >= 15 is 0 Å². The van der Waals surface area contributed by atoms with Crippen LogP contribution in [0.1, 0.15) is 25.1 Å². The molecular formula is C10H14N2O. The molecule has 0 spiro atoms. The van der Waals surface area contributed by atoms with Gasteiger partial charge in [0.25, 0.3) is 0 Å². The van der Waals surface area contributed by atoms with Gasteiger partial charge in [-0.05, 0) is 19.3 Å². The lowest BCUT2D eigenvalue weighted by Crippen LogP contribution is -2.06. The molecule has 1 saturated carbocycles. The van der Waals surface area contributed by atoms with Gasteiger partial charge in [-0.15, -0.1) is 0 Å². The summed E-state index contributed by atoms with van der Waals surface area (Å²) in [6.07, 6.45) is 8.88. The van der Waals surface area contributed by atoms with Crippen LogP contribution in [0.2, 0.25) is 0 Å². The lowest BCUT2D eigenvalue weighted by Gasteiger charge is -2.05. The van der Waals surface area contributed by atoms with Crippen LogP contribution in [0.3, 0.4) is 0 Å². The summed E-state index contributed by atoms with van der Waals surface area (Å²) in [6, 6.07) is 0. The Morgan fingerprint density at radius 1 is 1.69 bits per heavy atom. The monoisotopic (exact) mass is 178 g/mol. The fourth-order valence-electron chi connectivity index (χ4n) is 1.59. The molecular weight excluding hydrogens is 164 g/mol. The van der Waals surface area contributed by atoms with Gasteiger partial charge in [0.2, 0.25) is 0 Å². The van der Waals surface area contributed by atoms with E-state index in [9.17, 15) is 4.79 Å². The molecule has 0 N–H and O–H groups in total. The van der Waals surface area contributed by atoms with E-state index in [1.54, 1.807) is 6.20 Å². The summed E-state index contributed by atoms with van der Waals surface area (Å²) in [5.41, 5.74) is 0.0198. The Morgan fingerprint density at radius 2 is 2.46 bits per heavy atom. The predicted octanol–water partition coefficient (Wildman–Crippen LogP) is 1.33. The number of hydrogen-bond donors (Lipinski definition) is 0. The number of aldehydes is 1. The minimum absolute atomic E-state index is 0.0198. The van der Waals surface area contributed by atoms with E-state index in [-0.39, 0.29) is 5.41 Å². The smallest absolute Gasteiger partial charge is 0.126 e. The number of aryl methyl sites for hydroxylation is 2. The zero-order chi connectivity index (χ0) is 9.31. The molecule has 3 nitrogen and oxygen atoms in total. The molecule has 1 heterocycles. The fraction of sp³-hybridized carbons (Fsp3) is 0.600. The number of hydrogen-bond acceptors (Lipinski definition) is 2. The van der Waals surface area contributed by atoms with Gasteiger partial charge in [-0.3, -0.25) is 0 Å². The average molecular weight is 178 g/mol. The van der Waals surface area contributed by atoms with Gasteiger partial charge in [-0.1, -0.05) is 0 Å². The van der Waals surface area contributed by atoms with Crippen molar-refractivity contribution < 1.29 is 4.79 Å². The molecule has 0 aromatic carbocycles. The van der Waals surface area contributed by atoms with Crippen LogP contribution >= 0.6 is 0 Å². The normalized spacial score (nSPS) is 18.5. The van der Waals surface area contributed by atoms with Crippen LogP contribution in [0, 0.1) is 5.41 Å². The number of nitrogens with zero attached hydrogens (tertiary/aromatic N) is 2. The largest absolute Gasteiger partial charge is 0.338 e. The number of carbonyl (C=O) groups is 1. The second-order valence-electron chi connectivity index (χ2n) is 3.93. The van der Waals surface area contributed by atoms with Gasteiger partial charge in [-0.25, -0.2) is 4.98 Å². The van der Waals surface area contributed by atoms with Gasteiger partial charge in [-0.2, -0.15) is 0 Å². The summed E-state index contributed by atoms with van der Waals surface area (Å²) in [5, 5.41) is 0. The third-order valence-corrected chi connectivity index (χ3v) is 2.91. The molecule has 0 amide bonds. The van der Waals surface area contributed by atoms with E-state index in [1.807, 2.05) is 17.8 Å². The highest BCUT2D eigenvalue weighted by molar-refractivity contribution is 5.63.